The van der Waals surface area contributed by atoms with Crippen LogP contribution in [0.4, 0.5) is 0 Å². The highest BCUT2D eigenvalue weighted by atomic mass is 32.1. The number of benzene rings is 2. The molecule has 178 valence electrons. The predicted molar refractivity (Wildman–Crippen MR) is 150 cm³/mol. The van der Waals surface area contributed by atoms with Gasteiger partial charge in [-0.1, -0.05) is 77.1 Å². The first kappa shape index (κ1) is 27.4. The molecule has 2 aromatic carbocycles. The van der Waals surface area contributed by atoms with Crippen LogP contribution in [0.3, 0.4) is 0 Å². The van der Waals surface area contributed by atoms with Gasteiger partial charge in [0.25, 0.3) is 0 Å². The Morgan fingerprint density at radius 3 is 2.09 bits per heavy atom. The summed E-state index contributed by atoms with van der Waals surface area (Å²) in [6, 6.07) is 15.3. The van der Waals surface area contributed by atoms with E-state index in [4.69, 9.17) is 9.31 Å². The summed E-state index contributed by atoms with van der Waals surface area (Å²) in [5.74, 6) is 0. The Morgan fingerprint density at radius 1 is 0.879 bits per heavy atom. The smallest absolute Gasteiger partial charge is 0.399 e. The molecule has 0 bridgehead atoms. The zero-order chi connectivity index (χ0) is 24.8. The molecule has 2 nitrogen and oxygen atoms in total. The highest BCUT2D eigenvalue weighted by molar-refractivity contribution is 7.19. The fourth-order valence-electron chi connectivity index (χ4n) is 3.71. The zero-order valence-electron chi connectivity index (χ0n) is 22.2. The molecule has 0 unspecified atom stereocenters. The molecule has 4 rings (SSSR count). The van der Waals surface area contributed by atoms with Crippen LogP contribution in [0.15, 0.2) is 48.5 Å². The highest BCUT2D eigenvalue weighted by Gasteiger charge is 2.51. The van der Waals surface area contributed by atoms with Crippen molar-refractivity contribution >= 4 is 40.1 Å². The van der Waals surface area contributed by atoms with E-state index in [1.807, 2.05) is 39.0 Å². The molecule has 0 saturated carbocycles. The largest absolute Gasteiger partial charge is 0.494 e. The maximum Gasteiger partial charge on any atom is 0.494 e. The summed E-state index contributed by atoms with van der Waals surface area (Å²) >= 11 is 1.86. The molecule has 3 aromatic rings. The SMILES string of the molecule is CC.CC.CC/C=C\c1c(C)sc2ccc(-c3cccc(B4OC(C)(C)C(C)(C)O4)c3)cc12. The third-order valence-corrected chi connectivity index (χ3v) is 7.28. The average Bonchev–Trinajstić information content (AvgIpc) is 3.25. The van der Waals surface area contributed by atoms with E-state index < -0.39 is 0 Å². The molecule has 0 amide bonds. The van der Waals surface area contributed by atoms with Gasteiger partial charge < -0.3 is 9.31 Å². The van der Waals surface area contributed by atoms with Crippen molar-refractivity contribution in [1.82, 2.24) is 0 Å². The summed E-state index contributed by atoms with van der Waals surface area (Å²) in [4.78, 5) is 1.37. The van der Waals surface area contributed by atoms with Crippen LogP contribution in [0.25, 0.3) is 27.3 Å². The van der Waals surface area contributed by atoms with Crippen LogP contribution in [-0.4, -0.2) is 18.3 Å². The third kappa shape index (κ3) is 5.80. The highest BCUT2D eigenvalue weighted by Crippen LogP contribution is 2.37. The van der Waals surface area contributed by atoms with Gasteiger partial charge in [0.15, 0.2) is 0 Å². The van der Waals surface area contributed by atoms with Crippen molar-refractivity contribution in [2.24, 2.45) is 0 Å². The van der Waals surface area contributed by atoms with Crippen molar-refractivity contribution < 1.29 is 9.31 Å². The Labute approximate surface area is 206 Å². The second-order valence-electron chi connectivity index (χ2n) is 8.81. The summed E-state index contributed by atoms with van der Waals surface area (Å²) in [6.45, 7) is 20.7. The maximum absolute atomic E-state index is 6.25. The Kier molecular flexibility index (Phi) is 9.54. The topological polar surface area (TPSA) is 18.5 Å². The number of hydrogen-bond acceptors (Lipinski definition) is 3. The minimum Gasteiger partial charge on any atom is -0.399 e. The van der Waals surface area contributed by atoms with Gasteiger partial charge in [0.1, 0.15) is 0 Å². The molecule has 1 fully saturated rings. The lowest BCUT2D eigenvalue weighted by Crippen LogP contribution is -2.41. The molecule has 0 radical (unpaired) electrons. The Bertz CT molecular complexity index is 1060. The summed E-state index contributed by atoms with van der Waals surface area (Å²) in [7, 11) is -0.338. The third-order valence-electron chi connectivity index (χ3n) is 6.18. The molecular formula is C29H41BO2S. The number of allylic oxidation sites excluding steroid dienone is 1. The van der Waals surface area contributed by atoms with Gasteiger partial charge >= 0.3 is 7.12 Å². The molecule has 1 aliphatic rings. The lowest BCUT2D eigenvalue weighted by Gasteiger charge is -2.32. The monoisotopic (exact) mass is 464 g/mol. The van der Waals surface area contributed by atoms with E-state index in [0.29, 0.717) is 0 Å². The van der Waals surface area contributed by atoms with E-state index in [0.717, 1.165) is 11.9 Å². The minimum absolute atomic E-state index is 0.332. The normalized spacial score (nSPS) is 16.4. The molecular weight excluding hydrogens is 423 g/mol. The van der Waals surface area contributed by atoms with Crippen LogP contribution in [0.2, 0.25) is 0 Å². The first-order chi connectivity index (χ1) is 15.7. The van der Waals surface area contributed by atoms with E-state index in [2.05, 4.69) is 96.2 Å². The van der Waals surface area contributed by atoms with Crippen molar-refractivity contribution in [3.63, 3.8) is 0 Å². The molecule has 4 heteroatoms. The van der Waals surface area contributed by atoms with Crippen LogP contribution in [0, 0.1) is 6.92 Å². The van der Waals surface area contributed by atoms with Crippen molar-refractivity contribution in [3.05, 3.63) is 59.0 Å². The van der Waals surface area contributed by atoms with E-state index >= 15 is 0 Å². The summed E-state index contributed by atoms with van der Waals surface area (Å²) in [5.41, 5.74) is 4.15. The van der Waals surface area contributed by atoms with E-state index in [1.165, 1.54) is 31.7 Å². The van der Waals surface area contributed by atoms with Crippen molar-refractivity contribution in [1.29, 1.82) is 0 Å². The molecule has 2 heterocycles. The molecule has 0 N–H and O–H groups in total. The van der Waals surface area contributed by atoms with E-state index in [9.17, 15) is 0 Å². The van der Waals surface area contributed by atoms with Gasteiger partial charge in [-0.2, -0.15) is 0 Å². The summed E-state index contributed by atoms with van der Waals surface area (Å²) in [5, 5.41) is 1.33. The Balaban J connectivity index is 0.000000914. The number of fused-ring (bicyclic) bond motifs is 1. The van der Waals surface area contributed by atoms with Gasteiger partial charge in [-0.25, -0.2) is 0 Å². The second-order valence-corrected chi connectivity index (χ2v) is 10.1. The van der Waals surface area contributed by atoms with Gasteiger partial charge in [-0.05, 0) is 75.3 Å². The van der Waals surface area contributed by atoms with Crippen LogP contribution in [0.1, 0.15) is 79.2 Å². The van der Waals surface area contributed by atoms with Gasteiger partial charge in [0.2, 0.25) is 0 Å². The summed E-state index contributed by atoms with van der Waals surface area (Å²) in [6.07, 6.45) is 5.55. The predicted octanol–water partition coefficient (Wildman–Crippen LogP) is 8.65. The standard InChI is InChI=1S/C25H29BO2S.2C2H6/c1-7-8-12-21-17(2)29-23-14-13-19(16-22(21)23)18-10-9-11-20(15-18)26-27-24(3,4)25(5,6)28-26;2*1-2/h8-16H,7H2,1-6H3;2*1-2H3/b12-8-;;. The van der Waals surface area contributed by atoms with E-state index in [1.54, 1.807) is 0 Å². The first-order valence-corrected chi connectivity index (χ1v) is 13.2. The molecule has 1 aromatic heterocycles. The lowest BCUT2D eigenvalue weighted by molar-refractivity contribution is 0.00578. The Morgan fingerprint density at radius 2 is 1.48 bits per heavy atom. The first-order valence-electron chi connectivity index (χ1n) is 12.4. The minimum atomic E-state index is -0.338. The molecule has 33 heavy (non-hydrogen) atoms. The average molecular weight is 465 g/mol. The molecule has 1 aliphatic heterocycles. The number of hydrogen-bond donors (Lipinski definition) is 0. The van der Waals surface area contributed by atoms with Gasteiger partial charge in [-0.15, -0.1) is 11.3 Å². The van der Waals surface area contributed by atoms with Crippen molar-refractivity contribution in [3.8, 4) is 11.1 Å². The molecule has 0 atom stereocenters. The van der Waals surface area contributed by atoms with Crippen LogP contribution in [0.5, 0.6) is 0 Å². The van der Waals surface area contributed by atoms with E-state index in [-0.39, 0.29) is 18.3 Å². The summed E-state index contributed by atoms with van der Waals surface area (Å²) < 4.78 is 13.8. The zero-order valence-corrected chi connectivity index (χ0v) is 23.0. The van der Waals surface area contributed by atoms with Gasteiger partial charge in [-0.3, -0.25) is 0 Å². The lowest BCUT2D eigenvalue weighted by atomic mass is 9.78. The van der Waals surface area contributed by atoms with Gasteiger partial charge in [0.05, 0.1) is 11.2 Å². The molecule has 0 spiro atoms. The van der Waals surface area contributed by atoms with Crippen molar-refractivity contribution in [2.75, 3.05) is 0 Å². The molecule has 1 saturated heterocycles. The van der Waals surface area contributed by atoms with Crippen LogP contribution < -0.4 is 5.46 Å². The second kappa shape index (κ2) is 11.5. The van der Waals surface area contributed by atoms with Gasteiger partial charge in [0, 0.05) is 15.0 Å². The fraction of sp³-hybridized carbons (Fsp3) is 0.448. The fourth-order valence-corrected chi connectivity index (χ4v) is 4.74. The molecule has 0 aliphatic carbocycles. The number of aryl methyl sites for hydroxylation is 1. The van der Waals surface area contributed by atoms with Crippen molar-refractivity contribution in [2.45, 2.75) is 86.9 Å². The van der Waals surface area contributed by atoms with Crippen LogP contribution >= 0.6 is 11.3 Å². The number of thiophene rings is 1. The maximum atomic E-state index is 6.25. The Hall–Kier alpha value is -1.88. The number of rotatable bonds is 4. The quantitative estimate of drug-likeness (QED) is 0.360. The van der Waals surface area contributed by atoms with Crippen LogP contribution in [-0.2, 0) is 9.31 Å².